The van der Waals surface area contributed by atoms with E-state index in [2.05, 4.69) is 45.2 Å². The molecular weight excluding hydrogens is 624 g/mol. The quantitative estimate of drug-likeness (QED) is 0.356. The van der Waals surface area contributed by atoms with Crippen LogP contribution in [0.15, 0.2) is 6.07 Å². The van der Waals surface area contributed by atoms with Crippen molar-refractivity contribution in [3.63, 3.8) is 0 Å². The van der Waals surface area contributed by atoms with Crippen molar-refractivity contribution in [3.8, 4) is 0 Å². The number of halogens is 4. The fourth-order valence-corrected chi connectivity index (χ4v) is 4.32. The second-order valence-electron chi connectivity index (χ2n) is 2.13. The van der Waals surface area contributed by atoms with Crippen LogP contribution in [0.4, 0.5) is 0 Å². The third-order valence-electron chi connectivity index (χ3n) is 1.32. The molecule has 0 radical (unpaired) electrons. The highest BCUT2D eigenvalue weighted by Gasteiger charge is 2.12. The molecule has 0 unspecified atom stereocenters. The fourth-order valence-electron chi connectivity index (χ4n) is 0.752. The largest absolute Gasteiger partial charge is 0.545 e. The van der Waals surface area contributed by atoms with E-state index in [4.69, 9.17) is 0 Å². The predicted molar refractivity (Wildman–Crippen MR) is 81.6 cm³/mol. The minimum atomic E-state index is -1.11. The average Bonchev–Trinajstić information content (AvgIpc) is 2.01. The van der Waals surface area contributed by atoms with E-state index in [9.17, 15) is 9.90 Å². The number of carboxylic acid groups (broad SMARTS) is 1. The maximum Gasteiger partial charge on any atom is 0.0737 e. The number of carbonyl (C=O) groups excluding carboxylic acids is 1. The summed E-state index contributed by atoms with van der Waals surface area (Å²) in [5.41, 5.74) is 0.303. The van der Waals surface area contributed by atoms with Crippen LogP contribution in [0.2, 0.25) is 0 Å². The Bertz CT molecular complexity index is 349. The lowest BCUT2D eigenvalue weighted by Crippen LogP contribution is -2.25. The molecule has 0 aliphatic heterocycles. The monoisotopic (exact) mass is 625 g/mol. The van der Waals surface area contributed by atoms with Gasteiger partial charge in [-0.25, -0.2) is 0 Å². The summed E-state index contributed by atoms with van der Waals surface area (Å²) in [7, 11) is 0. The first-order chi connectivity index (χ1) is 5.95. The van der Waals surface area contributed by atoms with Gasteiger partial charge in [0.1, 0.15) is 0 Å². The van der Waals surface area contributed by atoms with Crippen molar-refractivity contribution in [3.05, 3.63) is 25.9 Å². The molecular formula is C7HI4O2-. The molecule has 0 heterocycles. The Morgan fingerprint density at radius 3 is 1.77 bits per heavy atom. The Kier molecular flexibility index (Phi) is 4.97. The van der Waals surface area contributed by atoms with E-state index >= 15 is 0 Å². The maximum atomic E-state index is 10.8. The zero-order chi connectivity index (χ0) is 10.2. The molecule has 0 aliphatic rings. The molecule has 0 saturated heterocycles. The molecule has 0 saturated carbocycles. The maximum absolute atomic E-state index is 10.8. The van der Waals surface area contributed by atoms with Crippen LogP contribution < -0.4 is 5.11 Å². The van der Waals surface area contributed by atoms with Gasteiger partial charge < -0.3 is 9.90 Å². The van der Waals surface area contributed by atoms with Crippen LogP contribution in [-0.4, -0.2) is 5.97 Å². The molecule has 1 rings (SSSR count). The molecule has 0 spiro atoms. The van der Waals surface area contributed by atoms with Gasteiger partial charge in [-0.15, -0.1) is 0 Å². The predicted octanol–water partition coefficient (Wildman–Crippen LogP) is 2.47. The molecule has 0 aliphatic carbocycles. The fraction of sp³-hybridized carbons (Fsp3) is 0. The van der Waals surface area contributed by atoms with Crippen molar-refractivity contribution in [1.82, 2.24) is 0 Å². The average molecular weight is 625 g/mol. The van der Waals surface area contributed by atoms with Gasteiger partial charge in [0.15, 0.2) is 0 Å². The highest BCUT2D eigenvalue weighted by molar-refractivity contribution is 14.1. The van der Waals surface area contributed by atoms with E-state index in [0.29, 0.717) is 5.56 Å². The highest BCUT2D eigenvalue weighted by Crippen LogP contribution is 2.28. The molecule has 0 bridgehead atoms. The second-order valence-corrected chi connectivity index (χ2v) is 6.61. The van der Waals surface area contributed by atoms with E-state index < -0.39 is 5.97 Å². The summed E-state index contributed by atoms with van der Waals surface area (Å²) in [6, 6.07) is 1.96. The van der Waals surface area contributed by atoms with Crippen LogP contribution in [0, 0.1) is 14.3 Å². The van der Waals surface area contributed by atoms with Crippen molar-refractivity contribution in [1.29, 1.82) is 0 Å². The van der Waals surface area contributed by atoms with Gasteiger partial charge in [0.05, 0.1) is 5.97 Å². The lowest BCUT2D eigenvalue weighted by molar-refractivity contribution is -0.255. The van der Waals surface area contributed by atoms with Gasteiger partial charge in [0.2, 0.25) is 0 Å². The molecule has 6 heteroatoms. The number of benzene rings is 1. The van der Waals surface area contributed by atoms with Crippen molar-refractivity contribution in [2.75, 3.05) is 0 Å². The van der Waals surface area contributed by atoms with Crippen LogP contribution in [0.1, 0.15) is 10.4 Å². The summed E-state index contributed by atoms with van der Waals surface area (Å²) < 4.78 is 3.40. The van der Waals surface area contributed by atoms with E-state index in [1.807, 2.05) is 51.2 Å². The summed E-state index contributed by atoms with van der Waals surface area (Å²) in [5, 5.41) is 10.8. The van der Waals surface area contributed by atoms with Crippen LogP contribution in [-0.2, 0) is 0 Å². The highest BCUT2D eigenvalue weighted by atomic mass is 127. The van der Waals surface area contributed by atoms with Crippen LogP contribution in [0.25, 0.3) is 0 Å². The molecule has 1 aromatic rings. The second kappa shape index (κ2) is 5.09. The minimum Gasteiger partial charge on any atom is -0.545 e. The summed E-state index contributed by atoms with van der Waals surface area (Å²) in [6.07, 6.45) is 0. The molecule has 1 aromatic carbocycles. The number of rotatable bonds is 1. The first kappa shape index (κ1) is 12.7. The Balaban J connectivity index is 3.56. The van der Waals surface area contributed by atoms with E-state index in [0.717, 1.165) is 14.3 Å². The van der Waals surface area contributed by atoms with Gasteiger partial charge in [-0.05, 0) is 96.4 Å². The number of carbonyl (C=O) groups is 1. The van der Waals surface area contributed by atoms with Crippen molar-refractivity contribution in [2.45, 2.75) is 0 Å². The summed E-state index contributed by atoms with van der Waals surface area (Å²) >= 11 is 8.29. The molecule has 70 valence electrons. The molecule has 0 atom stereocenters. The standard InChI is InChI=1S/C7H2I4O2/c8-2-1-3(9)6(11)4(5(2)10)7(12)13/h1H,(H,12,13)/p-1. The molecule has 0 aromatic heterocycles. The van der Waals surface area contributed by atoms with Gasteiger partial charge >= 0.3 is 0 Å². The molecule has 0 N–H and O–H groups in total. The molecule has 0 fully saturated rings. The third kappa shape index (κ3) is 2.80. The van der Waals surface area contributed by atoms with Crippen molar-refractivity contribution >= 4 is 96.3 Å². The van der Waals surface area contributed by atoms with E-state index in [1.165, 1.54) is 0 Å². The van der Waals surface area contributed by atoms with Gasteiger partial charge in [0.25, 0.3) is 0 Å². The summed E-state index contributed by atoms with van der Waals surface area (Å²) in [4.78, 5) is 10.8. The van der Waals surface area contributed by atoms with E-state index in [1.54, 1.807) is 0 Å². The number of hydrogen-bond donors (Lipinski definition) is 0. The Labute approximate surface area is 130 Å². The van der Waals surface area contributed by atoms with E-state index in [-0.39, 0.29) is 0 Å². The first-order valence-electron chi connectivity index (χ1n) is 2.99. The number of aromatic carboxylic acids is 1. The first-order valence-corrected chi connectivity index (χ1v) is 7.31. The van der Waals surface area contributed by atoms with Crippen LogP contribution in [0.3, 0.4) is 0 Å². The normalized spacial score (nSPS) is 10.2. The van der Waals surface area contributed by atoms with Gasteiger partial charge in [0, 0.05) is 19.8 Å². The lowest BCUT2D eigenvalue weighted by Gasteiger charge is -2.11. The molecule has 2 nitrogen and oxygen atoms in total. The Morgan fingerprint density at radius 1 is 1.08 bits per heavy atom. The van der Waals surface area contributed by atoms with Gasteiger partial charge in [-0.3, -0.25) is 0 Å². The lowest BCUT2D eigenvalue weighted by atomic mass is 10.2. The van der Waals surface area contributed by atoms with Gasteiger partial charge in [-0.1, -0.05) is 0 Å². The SMILES string of the molecule is O=C([O-])c1c(I)c(I)cc(I)c1I. The zero-order valence-corrected chi connectivity index (χ0v) is 14.5. The third-order valence-corrected chi connectivity index (χ3v) is 7.32. The summed E-state index contributed by atoms with van der Waals surface area (Å²) in [6.45, 7) is 0. The summed E-state index contributed by atoms with van der Waals surface area (Å²) in [5.74, 6) is -1.11. The molecule has 0 amide bonds. The van der Waals surface area contributed by atoms with Gasteiger partial charge in [-0.2, -0.15) is 0 Å². The minimum absolute atomic E-state index is 0.303. The Morgan fingerprint density at radius 2 is 1.46 bits per heavy atom. The van der Waals surface area contributed by atoms with Crippen LogP contribution >= 0.6 is 90.4 Å². The topological polar surface area (TPSA) is 40.1 Å². The Hall–Kier alpha value is 1.61. The van der Waals surface area contributed by atoms with Crippen molar-refractivity contribution < 1.29 is 9.90 Å². The smallest absolute Gasteiger partial charge is 0.0737 e. The zero-order valence-electron chi connectivity index (χ0n) is 5.91. The van der Waals surface area contributed by atoms with Crippen LogP contribution in [0.5, 0.6) is 0 Å². The molecule has 13 heavy (non-hydrogen) atoms. The number of hydrogen-bond acceptors (Lipinski definition) is 2. The number of carboxylic acids is 1. The van der Waals surface area contributed by atoms with Crippen molar-refractivity contribution in [2.24, 2.45) is 0 Å².